The zero-order valence-electron chi connectivity index (χ0n) is 18.6. The van der Waals surface area contributed by atoms with E-state index in [-0.39, 0.29) is 5.82 Å². The number of nitrogens with one attached hydrogen (secondary N) is 1. The normalized spacial score (nSPS) is 14.0. The average molecular weight is 452 g/mol. The van der Waals surface area contributed by atoms with Crippen molar-refractivity contribution in [2.75, 3.05) is 12.4 Å². The van der Waals surface area contributed by atoms with Crippen LogP contribution in [0.25, 0.3) is 28.1 Å². The summed E-state index contributed by atoms with van der Waals surface area (Å²) in [6.45, 7) is 0. The van der Waals surface area contributed by atoms with Gasteiger partial charge >= 0.3 is 0 Å². The van der Waals surface area contributed by atoms with Crippen molar-refractivity contribution in [2.45, 2.75) is 18.9 Å². The summed E-state index contributed by atoms with van der Waals surface area (Å²) in [6.07, 6.45) is 3.92. The standard InChI is InChI=1S/C27H22FN5O/c1-34-27-13-10-19(16-29-27)31-22-14-24-26(15-23(22)30-18-8-9-18)33(20-11-6-17(28)7-12-20)25-5-3-2-4-21(25)32-24/h2-7,10-16,18,31H,8-9H2,1H3/b30-23+. The Kier molecular flexibility index (Phi) is 4.95. The Hall–Kier alpha value is -4.26. The van der Waals surface area contributed by atoms with Gasteiger partial charge in [-0.3, -0.25) is 4.99 Å². The van der Waals surface area contributed by atoms with Gasteiger partial charge in [-0.15, -0.1) is 0 Å². The lowest BCUT2D eigenvalue weighted by Gasteiger charge is -2.20. The first kappa shape index (κ1) is 20.4. The minimum atomic E-state index is -0.268. The molecule has 0 amide bonds. The molecule has 1 aromatic heterocycles. The van der Waals surface area contributed by atoms with Gasteiger partial charge in [0.05, 0.1) is 58.5 Å². The maximum atomic E-state index is 13.7. The highest BCUT2D eigenvalue weighted by Crippen LogP contribution is 2.31. The molecule has 0 saturated heterocycles. The van der Waals surface area contributed by atoms with Crippen LogP contribution in [0.2, 0.25) is 0 Å². The lowest BCUT2D eigenvalue weighted by molar-refractivity contribution is 0.398. The topological polar surface area (TPSA) is 64.3 Å². The Morgan fingerprint density at radius 3 is 2.59 bits per heavy atom. The van der Waals surface area contributed by atoms with E-state index in [1.807, 2.05) is 42.5 Å². The van der Waals surface area contributed by atoms with E-state index >= 15 is 0 Å². The van der Waals surface area contributed by atoms with Gasteiger partial charge in [0, 0.05) is 11.8 Å². The van der Waals surface area contributed by atoms with Crippen molar-refractivity contribution >= 4 is 22.4 Å². The molecule has 1 N–H and O–H groups in total. The summed E-state index contributed by atoms with van der Waals surface area (Å²) in [5, 5.41) is 4.31. The molecule has 2 heterocycles. The van der Waals surface area contributed by atoms with E-state index in [9.17, 15) is 4.39 Å². The second kappa shape index (κ2) is 8.26. The fraction of sp³-hybridized carbons (Fsp3) is 0.148. The highest BCUT2D eigenvalue weighted by molar-refractivity contribution is 5.84. The van der Waals surface area contributed by atoms with E-state index in [2.05, 4.69) is 20.9 Å². The van der Waals surface area contributed by atoms with Crippen molar-refractivity contribution in [3.8, 4) is 23.0 Å². The number of methoxy groups -OCH3 is 1. The van der Waals surface area contributed by atoms with E-state index in [0.29, 0.717) is 11.9 Å². The quantitative estimate of drug-likeness (QED) is 0.360. The van der Waals surface area contributed by atoms with Crippen molar-refractivity contribution < 1.29 is 9.13 Å². The summed E-state index contributed by atoms with van der Waals surface area (Å²) >= 11 is 0. The molecule has 34 heavy (non-hydrogen) atoms. The van der Waals surface area contributed by atoms with Crippen LogP contribution in [0.1, 0.15) is 12.8 Å². The third-order valence-electron chi connectivity index (χ3n) is 5.88. The molecule has 1 saturated carbocycles. The fourth-order valence-electron chi connectivity index (χ4n) is 4.05. The Morgan fingerprint density at radius 1 is 1.03 bits per heavy atom. The predicted octanol–water partition coefficient (Wildman–Crippen LogP) is 5.48. The van der Waals surface area contributed by atoms with Crippen molar-refractivity contribution in [3.63, 3.8) is 0 Å². The Morgan fingerprint density at radius 2 is 1.85 bits per heavy atom. The number of hydrogen-bond donors (Lipinski definition) is 1. The summed E-state index contributed by atoms with van der Waals surface area (Å²) in [4.78, 5) is 14.2. The molecule has 6 nitrogen and oxygen atoms in total. The third kappa shape index (κ3) is 3.85. The number of rotatable bonds is 5. The molecular weight excluding hydrogens is 429 g/mol. The number of halogens is 1. The summed E-state index contributed by atoms with van der Waals surface area (Å²) in [5.74, 6) is 0.288. The zero-order valence-corrected chi connectivity index (χ0v) is 18.6. The van der Waals surface area contributed by atoms with Gasteiger partial charge in [0.2, 0.25) is 5.88 Å². The van der Waals surface area contributed by atoms with Gasteiger partial charge in [0.15, 0.2) is 0 Å². The number of fused-ring (bicyclic) bond motifs is 2. The van der Waals surface area contributed by atoms with Crippen LogP contribution in [0.4, 0.5) is 15.8 Å². The van der Waals surface area contributed by atoms with Crippen molar-refractivity contribution in [1.82, 2.24) is 14.5 Å². The number of hydrogen-bond acceptors (Lipinski definition) is 5. The van der Waals surface area contributed by atoms with Crippen LogP contribution in [-0.4, -0.2) is 27.7 Å². The number of anilines is 2. The summed E-state index contributed by atoms with van der Waals surface area (Å²) in [7, 11) is 1.59. The monoisotopic (exact) mass is 451 g/mol. The number of pyridine rings is 1. The molecular formula is C27H22FN5O. The van der Waals surface area contributed by atoms with Gasteiger partial charge in [-0.05, 0) is 67.4 Å². The molecule has 7 heteroatoms. The largest absolute Gasteiger partial charge is 0.481 e. The minimum Gasteiger partial charge on any atom is -0.481 e. The number of ether oxygens (including phenoxy) is 1. The highest BCUT2D eigenvalue weighted by atomic mass is 19.1. The lowest BCUT2D eigenvalue weighted by Crippen LogP contribution is -2.15. The van der Waals surface area contributed by atoms with Gasteiger partial charge in [-0.25, -0.2) is 14.4 Å². The number of benzene rings is 3. The molecule has 0 spiro atoms. The summed E-state index contributed by atoms with van der Waals surface area (Å²) in [6, 6.07) is 22.6. The van der Waals surface area contributed by atoms with Crippen LogP contribution in [0.5, 0.6) is 5.88 Å². The predicted molar refractivity (Wildman–Crippen MR) is 130 cm³/mol. The average Bonchev–Trinajstić information content (AvgIpc) is 3.68. The third-order valence-corrected chi connectivity index (χ3v) is 5.88. The molecule has 3 aromatic rings. The van der Waals surface area contributed by atoms with Crippen LogP contribution < -0.4 is 15.4 Å². The van der Waals surface area contributed by atoms with E-state index < -0.39 is 0 Å². The molecule has 0 unspecified atom stereocenters. The van der Waals surface area contributed by atoms with Crippen molar-refractivity contribution in [3.05, 3.63) is 90.2 Å². The molecule has 0 bridgehead atoms. The smallest absolute Gasteiger partial charge is 0.213 e. The highest BCUT2D eigenvalue weighted by Gasteiger charge is 2.22. The molecule has 2 aromatic carbocycles. The molecule has 1 aliphatic heterocycles. The van der Waals surface area contributed by atoms with Crippen LogP contribution in [-0.2, 0) is 0 Å². The molecule has 1 fully saturated rings. The second-order valence-corrected chi connectivity index (χ2v) is 8.34. The second-order valence-electron chi connectivity index (χ2n) is 8.34. The molecule has 3 aliphatic rings. The Balaban J connectivity index is 1.59. The summed E-state index contributed by atoms with van der Waals surface area (Å²) < 4.78 is 21.0. The van der Waals surface area contributed by atoms with E-state index in [0.717, 1.165) is 57.7 Å². The first-order valence-electron chi connectivity index (χ1n) is 11.2. The van der Waals surface area contributed by atoms with Gasteiger partial charge in [0.1, 0.15) is 5.82 Å². The molecule has 168 valence electrons. The van der Waals surface area contributed by atoms with E-state index in [1.54, 1.807) is 25.4 Å². The molecule has 0 radical (unpaired) electrons. The van der Waals surface area contributed by atoms with Gasteiger partial charge < -0.3 is 14.6 Å². The van der Waals surface area contributed by atoms with Crippen molar-refractivity contribution in [2.24, 2.45) is 4.99 Å². The maximum Gasteiger partial charge on any atom is 0.213 e. The molecule has 6 rings (SSSR count). The number of para-hydroxylation sites is 2. The number of nitrogens with zero attached hydrogens (tertiary/aromatic N) is 4. The van der Waals surface area contributed by atoms with Gasteiger partial charge in [0.25, 0.3) is 0 Å². The SMILES string of the molecule is COc1ccc(Nc2cc3nc4ccccc4n(-c4ccc(F)cc4)c-3c/c2=N\C2CC2)cn1. The first-order chi connectivity index (χ1) is 16.7. The van der Waals surface area contributed by atoms with Crippen LogP contribution >= 0.6 is 0 Å². The Labute approximate surface area is 195 Å². The zero-order chi connectivity index (χ0) is 23.1. The van der Waals surface area contributed by atoms with E-state index in [4.69, 9.17) is 14.7 Å². The van der Waals surface area contributed by atoms with Gasteiger partial charge in [-0.1, -0.05) is 12.1 Å². The fourth-order valence-corrected chi connectivity index (χ4v) is 4.05. The van der Waals surface area contributed by atoms with Gasteiger partial charge in [-0.2, -0.15) is 0 Å². The van der Waals surface area contributed by atoms with Crippen LogP contribution in [0, 0.1) is 5.82 Å². The van der Waals surface area contributed by atoms with E-state index in [1.165, 1.54) is 12.1 Å². The van der Waals surface area contributed by atoms with Crippen molar-refractivity contribution in [1.29, 1.82) is 0 Å². The minimum absolute atomic E-state index is 0.268. The summed E-state index contributed by atoms with van der Waals surface area (Å²) in [5.41, 5.74) is 6.06. The first-order valence-corrected chi connectivity index (χ1v) is 11.2. The lowest BCUT2D eigenvalue weighted by atomic mass is 10.1. The van der Waals surface area contributed by atoms with Crippen LogP contribution in [0.15, 0.2) is 84.0 Å². The Bertz CT molecular complexity index is 1520. The molecule has 2 aliphatic carbocycles. The number of aromatic nitrogens is 3. The van der Waals surface area contributed by atoms with Crippen LogP contribution in [0.3, 0.4) is 0 Å². The maximum absolute atomic E-state index is 13.7. The molecule has 0 atom stereocenters.